The highest BCUT2D eigenvalue weighted by atomic mass is 79.9. The Morgan fingerprint density at radius 1 is 1.47 bits per heavy atom. The molecule has 0 amide bonds. The maximum atomic E-state index is 11.0. The standard InChI is InChI=1S/C13H12BrN3O2/c1-8-2-3-10(14)4-9(8)5-16-12-11(13(18)19)6-15-7-17-12/h2-4,6-7H,5H2,1H3,(H,18,19)(H,15,16,17). The van der Waals surface area contributed by atoms with E-state index < -0.39 is 5.97 Å². The van der Waals surface area contributed by atoms with Gasteiger partial charge in [0.25, 0.3) is 0 Å². The molecule has 0 unspecified atom stereocenters. The fourth-order valence-electron chi connectivity index (χ4n) is 1.64. The van der Waals surface area contributed by atoms with Crippen molar-refractivity contribution in [3.05, 3.63) is 51.9 Å². The van der Waals surface area contributed by atoms with Gasteiger partial charge in [-0.05, 0) is 30.2 Å². The third-order valence-electron chi connectivity index (χ3n) is 2.70. The van der Waals surface area contributed by atoms with Crippen LogP contribution in [0.1, 0.15) is 21.5 Å². The lowest BCUT2D eigenvalue weighted by atomic mass is 10.1. The molecule has 98 valence electrons. The maximum absolute atomic E-state index is 11.0. The van der Waals surface area contributed by atoms with E-state index in [1.54, 1.807) is 0 Å². The highest BCUT2D eigenvalue weighted by Crippen LogP contribution is 2.18. The predicted molar refractivity (Wildman–Crippen MR) is 75.2 cm³/mol. The first-order valence-electron chi connectivity index (χ1n) is 5.60. The molecule has 0 aliphatic carbocycles. The Balaban J connectivity index is 2.19. The van der Waals surface area contributed by atoms with Gasteiger partial charge in [0.1, 0.15) is 17.7 Å². The summed E-state index contributed by atoms with van der Waals surface area (Å²) < 4.78 is 0.982. The summed E-state index contributed by atoms with van der Waals surface area (Å²) in [7, 11) is 0. The van der Waals surface area contributed by atoms with Crippen LogP contribution in [0.25, 0.3) is 0 Å². The number of nitrogens with zero attached hydrogens (tertiary/aromatic N) is 2. The molecule has 0 aliphatic rings. The normalized spacial score (nSPS) is 10.2. The van der Waals surface area contributed by atoms with Crippen LogP contribution >= 0.6 is 15.9 Å². The van der Waals surface area contributed by atoms with Gasteiger partial charge in [0, 0.05) is 17.2 Å². The van der Waals surface area contributed by atoms with Gasteiger partial charge in [-0.1, -0.05) is 22.0 Å². The van der Waals surface area contributed by atoms with Crippen LogP contribution in [-0.4, -0.2) is 21.0 Å². The van der Waals surface area contributed by atoms with E-state index in [0.717, 1.165) is 15.6 Å². The number of halogens is 1. The number of aryl methyl sites for hydroxylation is 1. The smallest absolute Gasteiger partial charge is 0.341 e. The van der Waals surface area contributed by atoms with Crippen LogP contribution < -0.4 is 5.32 Å². The van der Waals surface area contributed by atoms with E-state index in [2.05, 4.69) is 31.2 Å². The summed E-state index contributed by atoms with van der Waals surface area (Å²) in [5.74, 6) is -0.726. The number of rotatable bonds is 4. The summed E-state index contributed by atoms with van der Waals surface area (Å²) in [6, 6.07) is 5.95. The number of anilines is 1. The molecule has 1 aromatic heterocycles. The molecule has 0 fully saturated rings. The first-order chi connectivity index (χ1) is 9.08. The minimum atomic E-state index is -1.05. The summed E-state index contributed by atoms with van der Waals surface area (Å²) in [6.07, 6.45) is 2.61. The molecule has 1 aromatic carbocycles. The Kier molecular flexibility index (Phi) is 4.11. The van der Waals surface area contributed by atoms with Gasteiger partial charge < -0.3 is 10.4 Å². The van der Waals surface area contributed by atoms with Crippen LogP contribution in [0.5, 0.6) is 0 Å². The van der Waals surface area contributed by atoms with Gasteiger partial charge in [0.2, 0.25) is 0 Å². The second-order valence-corrected chi connectivity index (χ2v) is 4.93. The number of carbonyl (C=O) groups is 1. The highest BCUT2D eigenvalue weighted by molar-refractivity contribution is 9.10. The second-order valence-electron chi connectivity index (χ2n) is 4.01. The third-order valence-corrected chi connectivity index (χ3v) is 3.19. The van der Waals surface area contributed by atoms with Crippen molar-refractivity contribution in [2.24, 2.45) is 0 Å². The van der Waals surface area contributed by atoms with Gasteiger partial charge >= 0.3 is 5.97 Å². The van der Waals surface area contributed by atoms with Crippen molar-refractivity contribution >= 4 is 27.7 Å². The fourth-order valence-corrected chi connectivity index (χ4v) is 2.04. The van der Waals surface area contributed by atoms with Crippen molar-refractivity contribution in [1.82, 2.24) is 9.97 Å². The van der Waals surface area contributed by atoms with Gasteiger partial charge in [0.05, 0.1) is 0 Å². The van der Waals surface area contributed by atoms with Crippen LogP contribution in [0, 0.1) is 6.92 Å². The zero-order valence-electron chi connectivity index (χ0n) is 10.2. The number of hydrogen-bond donors (Lipinski definition) is 2. The molecule has 2 rings (SSSR count). The number of benzene rings is 1. The Morgan fingerprint density at radius 3 is 3.00 bits per heavy atom. The molecule has 0 atom stereocenters. The monoisotopic (exact) mass is 321 g/mol. The number of aromatic carboxylic acids is 1. The van der Waals surface area contributed by atoms with Crippen LogP contribution in [0.15, 0.2) is 35.2 Å². The average Bonchev–Trinajstić information content (AvgIpc) is 2.40. The maximum Gasteiger partial charge on any atom is 0.341 e. The van der Waals surface area contributed by atoms with E-state index in [1.807, 2.05) is 25.1 Å². The van der Waals surface area contributed by atoms with Crippen molar-refractivity contribution in [3.63, 3.8) is 0 Å². The molecule has 0 aliphatic heterocycles. The van der Waals surface area contributed by atoms with Crippen molar-refractivity contribution < 1.29 is 9.90 Å². The van der Waals surface area contributed by atoms with E-state index in [-0.39, 0.29) is 5.56 Å². The topological polar surface area (TPSA) is 75.1 Å². The molecule has 2 N–H and O–H groups in total. The van der Waals surface area contributed by atoms with Crippen molar-refractivity contribution in [1.29, 1.82) is 0 Å². The molecular formula is C13H12BrN3O2. The van der Waals surface area contributed by atoms with Gasteiger partial charge in [-0.25, -0.2) is 14.8 Å². The Labute approximate surface area is 118 Å². The lowest BCUT2D eigenvalue weighted by molar-refractivity contribution is 0.0697. The van der Waals surface area contributed by atoms with Crippen molar-refractivity contribution in [3.8, 4) is 0 Å². The number of nitrogens with one attached hydrogen (secondary N) is 1. The van der Waals surface area contributed by atoms with Gasteiger partial charge in [-0.2, -0.15) is 0 Å². The van der Waals surface area contributed by atoms with Gasteiger partial charge in [-0.15, -0.1) is 0 Å². The summed E-state index contributed by atoms with van der Waals surface area (Å²) in [5.41, 5.74) is 2.26. The van der Waals surface area contributed by atoms with E-state index >= 15 is 0 Å². The second kappa shape index (κ2) is 5.79. The Hall–Kier alpha value is -1.95. The van der Waals surface area contributed by atoms with Crippen LogP contribution in [0.2, 0.25) is 0 Å². The van der Waals surface area contributed by atoms with Crippen LogP contribution in [0.4, 0.5) is 5.82 Å². The molecule has 2 aromatic rings. The molecule has 0 saturated heterocycles. The Morgan fingerprint density at radius 2 is 2.26 bits per heavy atom. The van der Waals surface area contributed by atoms with Crippen molar-refractivity contribution in [2.75, 3.05) is 5.32 Å². The fraction of sp³-hybridized carbons (Fsp3) is 0.154. The van der Waals surface area contributed by atoms with Gasteiger partial charge in [0.15, 0.2) is 0 Å². The molecule has 6 heteroatoms. The van der Waals surface area contributed by atoms with E-state index in [9.17, 15) is 4.79 Å². The molecule has 0 spiro atoms. The molecule has 5 nitrogen and oxygen atoms in total. The summed E-state index contributed by atoms with van der Waals surface area (Å²) >= 11 is 3.41. The molecule has 1 heterocycles. The summed E-state index contributed by atoms with van der Waals surface area (Å²) in [6.45, 7) is 2.50. The minimum absolute atomic E-state index is 0.0650. The zero-order valence-corrected chi connectivity index (χ0v) is 11.8. The highest BCUT2D eigenvalue weighted by Gasteiger charge is 2.11. The first-order valence-corrected chi connectivity index (χ1v) is 6.39. The van der Waals surface area contributed by atoms with Crippen LogP contribution in [-0.2, 0) is 6.54 Å². The largest absolute Gasteiger partial charge is 0.477 e. The molecule has 0 bridgehead atoms. The number of hydrogen-bond acceptors (Lipinski definition) is 4. The molecule has 19 heavy (non-hydrogen) atoms. The van der Waals surface area contributed by atoms with Gasteiger partial charge in [-0.3, -0.25) is 0 Å². The number of carboxylic acids is 1. The predicted octanol–water partition coefficient (Wildman–Crippen LogP) is 2.86. The first kappa shape index (κ1) is 13.5. The van der Waals surface area contributed by atoms with Crippen molar-refractivity contribution in [2.45, 2.75) is 13.5 Å². The Bertz CT molecular complexity index is 617. The lowest BCUT2D eigenvalue weighted by Crippen LogP contribution is -2.09. The van der Waals surface area contributed by atoms with E-state index in [4.69, 9.17) is 5.11 Å². The quantitative estimate of drug-likeness (QED) is 0.905. The van der Waals surface area contributed by atoms with E-state index in [1.165, 1.54) is 12.5 Å². The average molecular weight is 322 g/mol. The third kappa shape index (κ3) is 3.29. The summed E-state index contributed by atoms with van der Waals surface area (Å²) in [4.78, 5) is 18.7. The van der Waals surface area contributed by atoms with Crippen LogP contribution in [0.3, 0.4) is 0 Å². The lowest BCUT2D eigenvalue weighted by Gasteiger charge is -2.10. The molecular weight excluding hydrogens is 310 g/mol. The van der Waals surface area contributed by atoms with E-state index in [0.29, 0.717) is 12.4 Å². The SMILES string of the molecule is Cc1ccc(Br)cc1CNc1ncncc1C(=O)O. The molecule has 0 saturated carbocycles. The molecule has 0 radical (unpaired) electrons. The minimum Gasteiger partial charge on any atom is -0.477 e. The number of aromatic nitrogens is 2. The summed E-state index contributed by atoms with van der Waals surface area (Å²) in [5, 5.41) is 12.1. The number of carboxylic acid groups (broad SMARTS) is 1. The zero-order chi connectivity index (χ0) is 13.8.